The number of halogens is 2. The maximum Gasteiger partial charge on any atom is 0.413 e. The minimum atomic E-state index is -1.88. The molecule has 0 saturated carbocycles. The summed E-state index contributed by atoms with van der Waals surface area (Å²) in [5, 5.41) is 2.32. The molecule has 1 N–H and O–H groups in total. The van der Waals surface area contributed by atoms with E-state index in [0.717, 1.165) is 30.2 Å². The van der Waals surface area contributed by atoms with Crippen molar-refractivity contribution in [3.05, 3.63) is 58.8 Å². The zero-order chi connectivity index (χ0) is 33.3. The average molecular weight is 645 g/mol. The van der Waals surface area contributed by atoms with Crippen molar-refractivity contribution >= 4 is 49.2 Å². The number of nitrogens with one attached hydrogen (secondary N) is 1. The van der Waals surface area contributed by atoms with Crippen LogP contribution in [0.4, 0.5) is 19.4 Å². The number of esters is 1. The molecule has 0 unspecified atom stereocenters. The summed E-state index contributed by atoms with van der Waals surface area (Å²) in [6.07, 6.45) is -0.851. The van der Waals surface area contributed by atoms with Crippen molar-refractivity contribution in [1.29, 1.82) is 0 Å². The number of ether oxygens (including phenoxy) is 3. The van der Waals surface area contributed by atoms with Crippen LogP contribution in [0, 0.1) is 11.6 Å². The molecule has 0 bridgehead atoms. The topological polar surface area (TPSA) is 129 Å². The smallest absolute Gasteiger partial charge is 0.413 e. The number of hydrogen-bond acceptors (Lipinski definition) is 8. The molecule has 11 nitrogen and oxygen atoms in total. The third-order valence-corrected chi connectivity index (χ3v) is 9.05. The molecule has 2 amide bonds. The highest BCUT2D eigenvalue weighted by Crippen LogP contribution is 2.44. The Bertz CT molecular complexity index is 1650. The number of aldehydes is 1. The summed E-state index contributed by atoms with van der Waals surface area (Å²) in [7, 11) is -0.314. The lowest BCUT2D eigenvalue weighted by atomic mass is 9.86. The number of methoxy groups -OCH3 is 1. The molecule has 1 aliphatic heterocycles. The molecule has 0 fully saturated rings. The predicted octanol–water partition coefficient (Wildman–Crippen LogP) is 5.59. The fourth-order valence-corrected chi connectivity index (χ4v) is 5.97. The first kappa shape index (κ1) is 33.7. The second kappa shape index (κ2) is 12.7. The summed E-state index contributed by atoms with van der Waals surface area (Å²) >= 11 is 0. The number of carbonyl (C=O) groups excluding carboxylic acids is 4. The quantitative estimate of drug-likeness (QED) is 0.124. The maximum absolute atomic E-state index is 15.3. The highest BCUT2D eigenvalue weighted by Gasteiger charge is 2.56. The van der Waals surface area contributed by atoms with Crippen molar-refractivity contribution in [3.63, 3.8) is 0 Å². The van der Waals surface area contributed by atoms with E-state index in [1.807, 2.05) is 0 Å². The second-order valence-corrected chi connectivity index (χ2v) is 18.7. The lowest BCUT2D eigenvalue weighted by Gasteiger charge is -2.35. The summed E-state index contributed by atoms with van der Waals surface area (Å²) in [4.78, 5) is 56.9. The van der Waals surface area contributed by atoms with Crippen molar-refractivity contribution in [2.45, 2.75) is 77.3 Å². The largest absolute Gasteiger partial charge is 0.467 e. The Morgan fingerprint density at radius 3 is 2.47 bits per heavy atom. The molecular weight excluding hydrogens is 606 g/mol. The molecule has 3 aromatic rings. The molecular formula is C31H38F2N4O7Si. The van der Waals surface area contributed by atoms with Gasteiger partial charge >= 0.3 is 12.1 Å². The average Bonchev–Trinajstić information content (AvgIpc) is 3.37. The Balaban J connectivity index is 1.81. The fraction of sp³-hybridized carbons (Fsp3) is 0.452. The van der Waals surface area contributed by atoms with Gasteiger partial charge in [-0.3, -0.25) is 10.1 Å². The SMILES string of the molecule is COC(=O)[C@]1(CC=O)c2ccc(F)cc2C(=O)N1Cc1cc2nc(NC(=O)OC(C)(C)C)c(F)cc2n1COCC[Si](C)(C)C. The van der Waals surface area contributed by atoms with E-state index in [2.05, 4.69) is 29.9 Å². The highest BCUT2D eigenvalue weighted by atomic mass is 28.3. The highest BCUT2D eigenvalue weighted by molar-refractivity contribution is 6.76. The normalized spacial score (nSPS) is 16.6. The number of pyridine rings is 1. The van der Waals surface area contributed by atoms with Crippen LogP contribution in [0.2, 0.25) is 25.7 Å². The van der Waals surface area contributed by atoms with Gasteiger partial charge < -0.3 is 28.5 Å². The van der Waals surface area contributed by atoms with Crippen LogP contribution in [-0.2, 0) is 42.6 Å². The van der Waals surface area contributed by atoms with Crippen LogP contribution in [0.5, 0.6) is 0 Å². The number of anilines is 1. The van der Waals surface area contributed by atoms with Gasteiger partial charge in [-0.2, -0.15) is 0 Å². The Labute approximate surface area is 260 Å². The van der Waals surface area contributed by atoms with Crippen molar-refractivity contribution in [2.75, 3.05) is 19.0 Å². The summed E-state index contributed by atoms with van der Waals surface area (Å²) in [5.41, 5.74) is -1.73. The Morgan fingerprint density at radius 2 is 1.84 bits per heavy atom. The molecule has 1 aromatic carbocycles. The molecule has 14 heteroatoms. The first-order valence-corrected chi connectivity index (χ1v) is 18.1. The number of hydrogen-bond donors (Lipinski definition) is 1. The molecule has 0 saturated heterocycles. The van der Waals surface area contributed by atoms with Gasteiger partial charge in [0, 0.05) is 44.0 Å². The molecule has 45 heavy (non-hydrogen) atoms. The van der Waals surface area contributed by atoms with Crippen LogP contribution in [0.25, 0.3) is 11.0 Å². The van der Waals surface area contributed by atoms with Crippen molar-refractivity contribution in [3.8, 4) is 0 Å². The van der Waals surface area contributed by atoms with Gasteiger partial charge in [0.15, 0.2) is 17.2 Å². The van der Waals surface area contributed by atoms with Gasteiger partial charge in [-0.25, -0.2) is 23.4 Å². The first-order valence-electron chi connectivity index (χ1n) is 14.4. The van der Waals surface area contributed by atoms with Gasteiger partial charge in [-0.1, -0.05) is 25.7 Å². The van der Waals surface area contributed by atoms with Gasteiger partial charge in [0.1, 0.15) is 24.4 Å². The third-order valence-electron chi connectivity index (χ3n) is 7.35. The zero-order valence-electron chi connectivity index (χ0n) is 26.5. The van der Waals surface area contributed by atoms with Crippen molar-refractivity contribution in [1.82, 2.24) is 14.5 Å². The molecule has 242 valence electrons. The first-order chi connectivity index (χ1) is 21.0. The van der Waals surface area contributed by atoms with Crippen LogP contribution in [0.1, 0.15) is 48.8 Å². The van der Waals surface area contributed by atoms with Crippen molar-refractivity contribution in [2.24, 2.45) is 0 Å². The van der Waals surface area contributed by atoms with E-state index in [-0.39, 0.29) is 35.7 Å². The molecule has 2 aromatic heterocycles. The van der Waals surface area contributed by atoms with Crippen LogP contribution >= 0.6 is 0 Å². The minimum Gasteiger partial charge on any atom is -0.467 e. The van der Waals surface area contributed by atoms with Crippen LogP contribution in [-0.4, -0.2) is 66.1 Å². The lowest BCUT2D eigenvalue weighted by molar-refractivity contribution is -0.155. The van der Waals surface area contributed by atoms with Gasteiger partial charge in [0.05, 0.1) is 24.7 Å². The van der Waals surface area contributed by atoms with E-state index in [9.17, 15) is 23.6 Å². The Morgan fingerprint density at radius 1 is 1.13 bits per heavy atom. The van der Waals surface area contributed by atoms with E-state index in [0.29, 0.717) is 24.1 Å². The summed E-state index contributed by atoms with van der Waals surface area (Å²) in [6, 6.07) is 7.01. The van der Waals surface area contributed by atoms with E-state index in [1.54, 1.807) is 31.4 Å². The van der Waals surface area contributed by atoms with Gasteiger partial charge in [0.25, 0.3) is 5.91 Å². The second-order valence-electron chi connectivity index (χ2n) is 13.1. The summed E-state index contributed by atoms with van der Waals surface area (Å²) < 4.78 is 47.5. The molecule has 4 rings (SSSR count). The number of carbonyl (C=O) groups is 4. The Hall–Kier alpha value is -4.17. The number of nitrogens with zero attached hydrogens (tertiary/aromatic N) is 3. The van der Waals surface area contributed by atoms with Crippen LogP contribution in [0.3, 0.4) is 0 Å². The summed E-state index contributed by atoms with van der Waals surface area (Å²) in [5.74, 6) is -3.48. The zero-order valence-corrected chi connectivity index (χ0v) is 27.5. The Kier molecular flexibility index (Phi) is 9.50. The number of fused-ring (bicyclic) bond motifs is 2. The molecule has 1 aliphatic rings. The molecule has 0 spiro atoms. The molecule has 0 aliphatic carbocycles. The van der Waals surface area contributed by atoms with Crippen LogP contribution in [0.15, 0.2) is 30.3 Å². The number of rotatable bonds is 11. The minimum absolute atomic E-state index is 0.0498. The fourth-order valence-electron chi connectivity index (χ4n) is 5.21. The van der Waals surface area contributed by atoms with Gasteiger partial charge in [-0.05, 0) is 45.0 Å². The third kappa shape index (κ3) is 7.06. The van der Waals surface area contributed by atoms with Crippen LogP contribution < -0.4 is 5.32 Å². The molecule has 1 atom stereocenters. The number of benzene rings is 1. The van der Waals surface area contributed by atoms with Gasteiger partial charge in [0.2, 0.25) is 0 Å². The standard InChI is InChI=1S/C31H38F2N4O7Si/c1-30(2,3)44-29(41)35-26-23(33)16-25-24(34-26)15-20(36(25)18-43-12-13-45(5,6)7)17-37-27(39)21-14-19(32)8-9-22(21)31(37,10-11-38)28(40)42-4/h8-9,11,14-16H,10,12-13,17-18H2,1-7H3,(H,34,35,41)/t31-/m0/s1. The van der Waals surface area contributed by atoms with E-state index >= 15 is 4.39 Å². The summed E-state index contributed by atoms with van der Waals surface area (Å²) in [6.45, 7) is 11.7. The predicted molar refractivity (Wildman–Crippen MR) is 164 cm³/mol. The van der Waals surface area contributed by atoms with E-state index in [4.69, 9.17) is 14.2 Å². The lowest BCUT2D eigenvalue weighted by Crippen LogP contribution is -2.50. The number of aromatic nitrogens is 2. The molecule has 0 radical (unpaired) electrons. The van der Waals surface area contributed by atoms with Gasteiger partial charge in [-0.15, -0.1) is 0 Å². The van der Waals surface area contributed by atoms with Crippen molar-refractivity contribution < 1.29 is 42.2 Å². The van der Waals surface area contributed by atoms with E-state index < -0.39 is 55.2 Å². The molecule has 3 heterocycles. The maximum atomic E-state index is 15.3. The van der Waals surface area contributed by atoms with E-state index in [1.165, 1.54) is 12.1 Å². The monoisotopic (exact) mass is 644 g/mol. The number of amides is 2.